The Hall–Kier alpha value is -3.24. The predicted octanol–water partition coefficient (Wildman–Crippen LogP) is 1.85. The third kappa shape index (κ3) is 3.03. The van der Waals surface area contributed by atoms with Gasteiger partial charge in [0.05, 0.1) is 24.5 Å². The molecule has 0 spiro atoms. The van der Waals surface area contributed by atoms with Gasteiger partial charge in [0, 0.05) is 37.4 Å². The normalized spacial score (nSPS) is 15.1. The summed E-state index contributed by atoms with van der Waals surface area (Å²) < 4.78 is 1.69. The van der Waals surface area contributed by atoms with Crippen molar-refractivity contribution in [3.63, 3.8) is 0 Å². The number of carbonyl (C=O) groups excluding carboxylic acids is 1. The second-order valence-electron chi connectivity index (χ2n) is 6.26. The number of aromatic nitrogens is 3. The third-order valence-electron chi connectivity index (χ3n) is 4.70. The molecule has 1 aliphatic rings. The van der Waals surface area contributed by atoms with Crippen LogP contribution >= 0.6 is 0 Å². The van der Waals surface area contributed by atoms with Crippen LogP contribution in [0.1, 0.15) is 10.5 Å². The number of nitrogens with zero attached hydrogens (tertiary/aromatic N) is 6. The Labute approximate surface area is 151 Å². The molecule has 7 heteroatoms. The van der Waals surface area contributed by atoms with E-state index in [0.29, 0.717) is 17.9 Å². The van der Waals surface area contributed by atoms with Crippen molar-refractivity contribution in [2.75, 3.05) is 37.6 Å². The Morgan fingerprint density at radius 3 is 2.54 bits per heavy atom. The first-order valence-electron chi connectivity index (χ1n) is 8.53. The highest BCUT2D eigenvalue weighted by Gasteiger charge is 2.17. The number of hydrogen-bond donors (Lipinski definition) is 0. The van der Waals surface area contributed by atoms with E-state index >= 15 is 0 Å². The summed E-state index contributed by atoms with van der Waals surface area (Å²) in [5, 5.41) is 13.1. The minimum absolute atomic E-state index is 0.378. The molecule has 1 aliphatic heterocycles. The molecule has 0 saturated carbocycles. The number of hydrogen-bond acceptors (Lipinski definition) is 6. The van der Waals surface area contributed by atoms with Crippen molar-refractivity contribution < 1.29 is 4.79 Å². The van der Waals surface area contributed by atoms with Gasteiger partial charge in [-0.3, -0.25) is 9.69 Å². The molecule has 0 radical (unpaired) electrons. The number of nitriles is 1. The topological polar surface area (TPSA) is 77.5 Å². The Bertz CT molecular complexity index is 964. The fraction of sp³-hybridized carbons (Fsp3) is 0.263. The fourth-order valence-corrected chi connectivity index (χ4v) is 3.25. The number of carbonyl (C=O) groups is 1. The summed E-state index contributed by atoms with van der Waals surface area (Å²) in [5.74, 6) is 0. The van der Waals surface area contributed by atoms with Crippen molar-refractivity contribution in [1.82, 2.24) is 19.5 Å². The molecule has 0 unspecified atom stereocenters. The van der Waals surface area contributed by atoms with Crippen molar-refractivity contribution in [2.45, 2.75) is 0 Å². The molecular weight excluding hydrogens is 328 g/mol. The highest BCUT2D eigenvalue weighted by atomic mass is 16.1. The van der Waals surface area contributed by atoms with Crippen LogP contribution in [0.4, 0.5) is 5.69 Å². The van der Waals surface area contributed by atoms with Crippen LogP contribution in [-0.2, 0) is 0 Å². The number of aldehydes is 1. The van der Waals surface area contributed by atoms with Gasteiger partial charge in [-0.2, -0.15) is 10.4 Å². The summed E-state index contributed by atoms with van der Waals surface area (Å²) in [5.41, 5.74) is 4.11. The molecule has 0 aliphatic carbocycles. The molecule has 1 saturated heterocycles. The van der Waals surface area contributed by atoms with Crippen molar-refractivity contribution >= 4 is 17.6 Å². The molecule has 2 aromatic heterocycles. The maximum Gasteiger partial charge on any atom is 0.170 e. The first-order valence-corrected chi connectivity index (χ1v) is 8.53. The van der Waals surface area contributed by atoms with E-state index in [-0.39, 0.29) is 0 Å². The fourth-order valence-electron chi connectivity index (χ4n) is 3.25. The second-order valence-corrected chi connectivity index (χ2v) is 6.26. The summed E-state index contributed by atoms with van der Waals surface area (Å²) in [6.07, 6.45) is 2.50. The van der Waals surface area contributed by atoms with Crippen molar-refractivity contribution in [1.29, 1.82) is 5.26 Å². The van der Waals surface area contributed by atoms with Gasteiger partial charge in [-0.1, -0.05) is 12.1 Å². The maximum absolute atomic E-state index is 11.0. The van der Waals surface area contributed by atoms with E-state index in [0.717, 1.165) is 43.7 Å². The Balaban J connectivity index is 1.55. The highest BCUT2D eigenvalue weighted by Crippen LogP contribution is 2.24. The number of imidazole rings is 1. The molecule has 3 aromatic rings. The summed E-state index contributed by atoms with van der Waals surface area (Å²) >= 11 is 0. The number of rotatable bonds is 4. The average Bonchev–Trinajstić information content (AvgIpc) is 3.12. The van der Waals surface area contributed by atoms with Crippen molar-refractivity contribution in [3.05, 3.63) is 48.3 Å². The molecule has 7 nitrogen and oxygen atoms in total. The molecule has 0 bridgehead atoms. The van der Waals surface area contributed by atoms with Gasteiger partial charge in [-0.05, 0) is 24.3 Å². The molecule has 130 valence electrons. The zero-order valence-corrected chi connectivity index (χ0v) is 14.2. The molecule has 3 heterocycles. The molecule has 1 aromatic carbocycles. The standard InChI is InChI=1S/C19H18N6O/c20-7-8-23-9-11-24(12-10-23)17-4-1-15(2-5-17)18-13-21-19-6-3-16(14-26)22-25(18)19/h1-6,13-14H,8-12H2. The molecular formula is C19H18N6O. The van der Waals surface area contributed by atoms with Crippen LogP contribution < -0.4 is 4.90 Å². The first kappa shape index (κ1) is 16.2. The smallest absolute Gasteiger partial charge is 0.170 e. The summed E-state index contributed by atoms with van der Waals surface area (Å²) in [6, 6.07) is 14.0. The molecule has 0 N–H and O–H groups in total. The number of anilines is 1. The third-order valence-corrected chi connectivity index (χ3v) is 4.70. The van der Waals surface area contributed by atoms with Crippen molar-refractivity contribution in [2.24, 2.45) is 0 Å². The quantitative estimate of drug-likeness (QED) is 0.530. The van der Waals surface area contributed by atoms with Crippen molar-refractivity contribution in [3.8, 4) is 17.3 Å². The van der Waals surface area contributed by atoms with E-state index in [1.54, 1.807) is 22.8 Å². The number of fused-ring (bicyclic) bond motifs is 1. The highest BCUT2D eigenvalue weighted by molar-refractivity contribution is 5.73. The lowest BCUT2D eigenvalue weighted by molar-refractivity contribution is 0.111. The molecule has 26 heavy (non-hydrogen) atoms. The van der Waals surface area contributed by atoms with Gasteiger partial charge in [-0.25, -0.2) is 9.50 Å². The van der Waals surface area contributed by atoms with Gasteiger partial charge in [-0.15, -0.1) is 0 Å². The lowest BCUT2D eigenvalue weighted by Crippen LogP contribution is -2.46. The van der Waals surface area contributed by atoms with E-state index < -0.39 is 0 Å². The van der Waals surface area contributed by atoms with Crippen LogP contribution in [0, 0.1) is 11.3 Å². The summed E-state index contributed by atoms with van der Waals surface area (Å²) in [7, 11) is 0. The minimum Gasteiger partial charge on any atom is -0.369 e. The van der Waals surface area contributed by atoms with Gasteiger partial charge < -0.3 is 4.90 Å². The monoisotopic (exact) mass is 346 g/mol. The van der Waals surface area contributed by atoms with Gasteiger partial charge in [0.25, 0.3) is 0 Å². The molecule has 0 amide bonds. The Kier molecular flexibility index (Phi) is 4.33. The molecule has 0 atom stereocenters. The van der Waals surface area contributed by atoms with Gasteiger partial charge >= 0.3 is 0 Å². The summed E-state index contributed by atoms with van der Waals surface area (Å²) in [6.45, 7) is 4.14. The van der Waals surface area contributed by atoms with E-state index in [9.17, 15) is 4.79 Å². The lowest BCUT2D eigenvalue weighted by Gasteiger charge is -2.35. The SMILES string of the molecule is N#CCN1CCN(c2ccc(-c3cnc4ccc(C=O)nn34)cc2)CC1. The van der Waals surface area contributed by atoms with Gasteiger partial charge in [0.15, 0.2) is 11.9 Å². The second kappa shape index (κ2) is 6.94. The molecule has 1 fully saturated rings. The van der Waals surface area contributed by atoms with Gasteiger partial charge in [0.2, 0.25) is 0 Å². The maximum atomic E-state index is 11.0. The zero-order chi connectivity index (χ0) is 17.9. The predicted molar refractivity (Wildman–Crippen MR) is 98.1 cm³/mol. The van der Waals surface area contributed by atoms with Crippen LogP contribution in [0.3, 0.4) is 0 Å². The number of benzene rings is 1. The Morgan fingerprint density at radius 2 is 1.85 bits per heavy atom. The first-order chi connectivity index (χ1) is 12.8. The number of piperazine rings is 1. The minimum atomic E-state index is 0.378. The van der Waals surface area contributed by atoms with Gasteiger partial charge in [0.1, 0.15) is 5.69 Å². The van der Waals surface area contributed by atoms with Crippen LogP contribution in [0.15, 0.2) is 42.6 Å². The largest absolute Gasteiger partial charge is 0.369 e. The summed E-state index contributed by atoms with van der Waals surface area (Å²) in [4.78, 5) is 19.8. The van der Waals surface area contributed by atoms with Crippen LogP contribution in [-0.4, -0.2) is 58.5 Å². The average molecular weight is 346 g/mol. The Morgan fingerprint density at radius 1 is 1.08 bits per heavy atom. The van der Waals surface area contributed by atoms with Crippen LogP contribution in [0.25, 0.3) is 16.9 Å². The zero-order valence-electron chi connectivity index (χ0n) is 14.2. The van der Waals surface area contributed by atoms with E-state index in [2.05, 4.69) is 50.2 Å². The van der Waals surface area contributed by atoms with E-state index in [1.165, 1.54) is 5.69 Å². The van der Waals surface area contributed by atoms with E-state index in [1.807, 2.05) is 0 Å². The molecule has 4 rings (SSSR count). The van der Waals surface area contributed by atoms with Crippen LogP contribution in [0.2, 0.25) is 0 Å². The lowest BCUT2D eigenvalue weighted by atomic mass is 10.1. The van der Waals surface area contributed by atoms with Crippen LogP contribution in [0.5, 0.6) is 0 Å². The van der Waals surface area contributed by atoms with E-state index in [4.69, 9.17) is 5.26 Å².